The first-order chi connectivity index (χ1) is 6.84. The maximum atomic E-state index is 9.54. The standard InChI is InChI=1S/C12H9NO/c14-12-7-13-11-6-9-4-2-1-3-8(9)5-10(11)12/h1-7,13-14H. The van der Waals surface area contributed by atoms with Gasteiger partial charge in [-0.3, -0.25) is 0 Å². The molecule has 0 aliphatic rings. The van der Waals surface area contributed by atoms with Crippen LogP contribution in [0, 0.1) is 0 Å². The minimum Gasteiger partial charge on any atom is -0.506 e. The second-order valence-electron chi connectivity index (χ2n) is 3.42. The van der Waals surface area contributed by atoms with Crippen LogP contribution in [0.2, 0.25) is 0 Å². The molecule has 14 heavy (non-hydrogen) atoms. The summed E-state index contributed by atoms with van der Waals surface area (Å²) in [7, 11) is 0. The van der Waals surface area contributed by atoms with E-state index in [1.807, 2.05) is 30.3 Å². The van der Waals surface area contributed by atoms with Crippen molar-refractivity contribution in [2.45, 2.75) is 0 Å². The lowest BCUT2D eigenvalue weighted by Crippen LogP contribution is -1.72. The first kappa shape index (κ1) is 7.44. The van der Waals surface area contributed by atoms with Crippen LogP contribution in [-0.2, 0) is 0 Å². The van der Waals surface area contributed by atoms with Gasteiger partial charge >= 0.3 is 0 Å². The van der Waals surface area contributed by atoms with E-state index in [1.54, 1.807) is 6.20 Å². The summed E-state index contributed by atoms with van der Waals surface area (Å²) in [6.45, 7) is 0. The van der Waals surface area contributed by atoms with Crippen LogP contribution in [0.3, 0.4) is 0 Å². The summed E-state index contributed by atoms with van der Waals surface area (Å²) in [4.78, 5) is 3.03. The fourth-order valence-electron chi connectivity index (χ4n) is 1.80. The van der Waals surface area contributed by atoms with Gasteiger partial charge in [-0.15, -0.1) is 0 Å². The maximum absolute atomic E-state index is 9.54. The highest BCUT2D eigenvalue weighted by atomic mass is 16.3. The third kappa shape index (κ3) is 0.909. The van der Waals surface area contributed by atoms with Gasteiger partial charge in [-0.05, 0) is 22.9 Å². The molecule has 2 N–H and O–H groups in total. The molecule has 0 aliphatic carbocycles. The highest BCUT2D eigenvalue weighted by molar-refractivity contribution is 5.99. The molecular formula is C12H9NO. The van der Waals surface area contributed by atoms with Crippen LogP contribution in [0.4, 0.5) is 0 Å². The number of benzene rings is 2. The van der Waals surface area contributed by atoms with Crippen molar-refractivity contribution < 1.29 is 5.11 Å². The number of fused-ring (bicyclic) bond motifs is 2. The number of hydrogen-bond donors (Lipinski definition) is 2. The largest absolute Gasteiger partial charge is 0.506 e. The molecule has 0 fully saturated rings. The van der Waals surface area contributed by atoms with Gasteiger partial charge in [0.05, 0.1) is 0 Å². The van der Waals surface area contributed by atoms with Crippen molar-refractivity contribution in [3.8, 4) is 5.75 Å². The lowest BCUT2D eigenvalue weighted by Gasteiger charge is -1.97. The summed E-state index contributed by atoms with van der Waals surface area (Å²) in [5, 5.41) is 12.7. The molecule has 2 nitrogen and oxygen atoms in total. The number of aromatic hydroxyl groups is 1. The second-order valence-corrected chi connectivity index (χ2v) is 3.42. The van der Waals surface area contributed by atoms with Gasteiger partial charge in [-0.1, -0.05) is 24.3 Å². The molecule has 2 heteroatoms. The van der Waals surface area contributed by atoms with Crippen LogP contribution in [0.15, 0.2) is 42.6 Å². The van der Waals surface area contributed by atoms with Gasteiger partial charge in [0.25, 0.3) is 0 Å². The summed E-state index contributed by atoms with van der Waals surface area (Å²) < 4.78 is 0. The first-order valence-electron chi connectivity index (χ1n) is 4.53. The van der Waals surface area contributed by atoms with E-state index < -0.39 is 0 Å². The van der Waals surface area contributed by atoms with Crippen LogP contribution >= 0.6 is 0 Å². The Bertz CT molecular complexity index is 610. The van der Waals surface area contributed by atoms with E-state index in [1.165, 1.54) is 5.39 Å². The normalized spacial score (nSPS) is 11.1. The highest BCUT2D eigenvalue weighted by Gasteiger charge is 2.02. The van der Waals surface area contributed by atoms with Crippen molar-refractivity contribution in [1.82, 2.24) is 4.98 Å². The summed E-state index contributed by atoms with van der Waals surface area (Å²) in [6, 6.07) is 12.2. The van der Waals surface area contributed by atoms with Crippen molar-refractivity contribution >= 4 is 21.7 Å². The van der Waals surface area contributed by atoms with E-state index in [2.05, 4.69) is 11.1 Å². The molecule has 0 spiro atoms. The molecule has 0 atom stereocenters. The van der Waals surface area contributed by atoms with E-state index in [0.717, 1.165) is 16.3 Å². The van der Waals surface area contributed by atoms with Crippen LogP contribution < -0.4 is 0 Å². The number of hydrogen-bond acceptors (Lipinski definition) is 1. The van der Waals surface area contributed by atoms with Crippen LogP contribution in [0.5, 0.6) is 5.75 Å². The van der Waals surface area contributed by atoms with Gasteiger partial charge in [0.15, 0.2) is 0 Å². The highest BCUT2D eigenvalue weighted by Crippen LogP contribution is 2.28. The Hall–Kier alpha value is -1.96. The zero-order valence-electron chi connectivity index (χ0n) is 7.49. The average molecular weight is 183 g/mol. The predicted octanol–water partition coefficient (Wildman–Crippen LogP) is 3.03. The Morgan fingerprint density at radius 2 is 1.71 bits per heavy atom. The molecule has 68 valence electrons. The molecule has 0 radical (unpaired) electrons. The van der Waals surface area contributed by atoms with Crippen molar-refractivity contribution in [2.24, 2.45) is 0 Å². The lowest BCUT2D eigenvalue weighted by atomic mass is 10.1. The molecule has 2 aromatic carbocycles. The Labute approximate surface area is 80.8 Å². The Balaban J connectivity index is 2.54. The molecule has 0 unspecified atom stereocenters. The van der Waals surface area contributed by atoms with Gasteiger partial charge in [0.2, 0.25) is 0 Å². The summed E-state index contributed by atoms with van der Waals surface area (Å²) in [5.41, 5.74) is 0.973. The smallest absolute Gasteiger partial charge is 0.140 e. The summed E-state index contributed by atoms with van der Waals surface area (Å²) in [5.74, 6) is 0.311. The molecule has 0 saturated heterocycles. The minimum atomic E-state index is 0.311. The van der Waals surface area contributed by atoms with Crippen molar-refractivity contribution in [1.29, 1.82) is 0 Å². The van der Waals surface area contributed by atoms with E-state index in [0.29, 0.717) is 5.75 Å². The molecule has 0 aliphatic heterocycles. The second kappa shape index (κ2) is 2.51. The number of aromatic nitrogens is 1. The third-order valence-electron chi connectivity index (χ3n) is 2.53. The number of aromatic amines is 1. The fraction of sp³-hybridized carbons (Fsp3) is 0. The molecule has 0 bridgehead atoms. The molecule has 1 heterocycles. The fourth-order valence-corrected chi connectivity index (χ4v) is 1.80. The molecule has 3 rings (SSSR count). The minimum absolute atomic E-state index is 0.311. The van der Waals surface area contributed by atoms with Crippen LogP contribution in [0.25, 0.3) is 21.7 Å². The quantitative estimate of drug-likeness (QED) is 0.552. The van der Waals surface area contributed by atoms with E-state index in [4.69, 9.17) is 0 Å². The van der Waals surface area contributed by atoms with Crippen LogP contribution in [0.1, 0.15) is 0 Å². The number of H-pyrrole nitrogens is 1. The first-order valence-corrected chi connectivity index (χ1v) is 4.53. The van der Waals surface area contributed by atoms with Gasteiger partial charge in [-0.2, -0.15) is 0 Å². The summed E-state index contributed by atoms with van der Waals surface area (Å²) in [6.07, 6.45) is 1.61. The zero-order valence-corrected chi connectivity index (χ0v) is 7.49. The number of nitrogens with one attached hydrogen (secondary N) is 1. The Morgan fingerprint density at radius 3 is 2.50 bits per heavy atom. The van der Waals surface area contributed by atoms with Crippen LogP contribution in [-0.4, -0.2) is 10.1 Å². The predicted molar refractivity (Wildman–Crippen MR) is 57.5 cm³/mol. The third-order valence-corrected chi connectivity index (χ3v) is 2.53. The number of rotatable bonds is 0. The SMILES string of the molecule is Oc1c[nH]c2cc3ccccc3cc12. The van der Waals surface area contributed by atoms with Gasteiger partial charge in [0, 0.05) is 17.1 Å². The molecular weight excluding hydrogens is 174 g/mol. The maximum Gasteiger partial charge on any atom is 0.140 e. The average Bonchev–Trinajstić information content (AvgIpc) is 2.57. The Kier molecular flexibility index (Phi) is 1.34. The van der Waals surface area contributed by atoms with E-state index in [9.17, 15) is 5.11 Å². The summed E-state index contributed by atoms with van der Waals surface area (Å²) >= 11 is 0. The van der Waals surface area contributed by atoms with Crippen molar-refractivity contribution in [2.75, 3.05) is 0 Å². The monoisotopic (exact) mass is 183 g/mol. The van der Waals surface area contributed by atoms with Gasteiger partial charge in [-0.25, -0.2) is 0 Å². The van der Waals surface area contributed by atoms with Crippen molar-refractivity contribution in [3.63, 3.8) is 0 Å². The molecule has 0 amide bonds. The van der Waals surface area contributed by atoms with Crippen molar-refractivity contribution in [3.05, 3.63) is 42.6 Å². The van der Waals surface area contributed by atoms with E-state index in [-0.39, 0.29) is 0 Å². The van der Waals surface area contributed by atoms with Gasteiger partial charge in [0.1, 0.15) is 5.75 Å². The Morgan fingerprint density at radius 1 is 1.00 bits per heavy atom. The molecule has 1 aromatic heterocycles. The van der Waals surface area contributed by atoms with E-state index >= 15 is 0 Å². The zero-order chi connectivity index (χ0) is 9.54. The van der Waals surface area contributed by atoms with Gasteiger partial charge < -0.3 is 10.1 Å². The molecule has 3 aromatic rings. The lowest BCUT2D eigenvalue weighted by molar-refractivity contribution is 0.481. The molecule has 0 saturated carbocycles. The topological polar surface area (TPSA) is 36.0 Å².